The van der Waals surface area contributed by atoms with Gasteiger partial charge in [0.1, 0.15) is 11.7 Å². The highest BCUT2D eigenvalue weighted by Crippen LogP contribution is 2.26. The maximum Gasteiger partial charge on any atom is 0.333 e. The first kappa shape index (κ1) is 32.4. The third-order valence-corrected chi connectivity index (χ3v) is 6.40. The lowest BCUT2D eigenvalue weighted by Crippen LogP contribution is -2.44. The van der Waals surface area contributed by atoms with Crippen molar-refractivity contribution in [3.05, 3.63) is 24.3 Å². The second kappa shape index (κ2) is 19.7. The summed E-state index contributed by atoms with van der Waals surface area (Å²) in [6, 6.07) is 0. The molecule has 0 aromatic heterocycles. The summed E-state index contributed by atoms with van der Waals surface area (Å²) in [6.07, 6.45) is 21.2. The standard InChI is InChI=1S/C30H54O4/c1-8-9-10-11-12-13-14-15-16-17-18-19-20-21-22-23-24-27(33-28(31)25(2)3)30(6,7)34-29(32)26(4)5/h27H,2,4,8-24H2,1,3,5-7H3. The van der Waals surface area contributed by atoms with Gasteiger partial charge in [0, 0.05) is 11.1 Å². The van der Waals surface area contributed by atoms with Crippen molar-refractivity contribution in [2.45, 2.75) is 155 Å². The molecule has 0 N–H and O–H groups in total. The zero-order chi connectivity index (χ0) is 25.8. The zero-order valence-corrected chi connectivity index (χ0v) is 23.1. The minimum atomic E-state index is -0.920. The van der Waals surface area contributed by atoms with E-state index in [4.69, 9.17) is 9.47 Å². The van der Waals surface area contributed by atoms with Crippen LogP contribution in [-0.4, -0.2) is 23.6 Å². The number of carbonyl (C=O) groups is 2. The van der Waals surface area contributed by atoms with Crippen molar-refractivity contribution in [2.75, 3.05) is 0 Å². The SMILES string of the molecule is C=C(C)C(=O)OC(CCCCCCCCCCCCCCCCCC)C(C)(C)OC(=O)C(=C)C. The molecule has 0 aromatic rings. The van der Waals surface area contributed by atoms with Crippen molar-refractivity contribution >= 4 is 11.9 Å². The minimum Gasteiger partial charge on any atom is -0.455 e. The number of unbranched alkanes of at least 4 members (excludes halogenated alkanes) is 15. The molecule has 34 heavy (non-hydrogen) atoms. The second-order valence-electron chi connectivity index (χ2n) is 10.5. The average molecular weight is 479 g/mol. The van der Waals surface area contributed by atoms with Crippen LogP contribution in [0.1, 0.15) is 144 Å². The molecular weight excluding hydrogens is 424 g/mol. The van der Waals surface area contributed by atoms with Crippen LogP contribution in [0.4, 0.5) is 0 Å². The lowest BCUT2D eigenvalue weighted by molar-refractivity contribution is -0.176. The molecule has 0 aliphatic heterocycles. The number of hydrogen-bond donors (Lipinski definition) is 0. The largest absolute Gasteiger partial charge is 0.455 e. The highest BCUT2D eigenvalue weighted by atomic mass is 16.6. The van der Waals surface area contributed by atoms with Gasteiger partial charge in [0.05, 0.1) is 0 Å². The Hall–Kier alpha value is -1.58. The lowest BCUT2D eigenvalue weighted by atomic mass is 9.95. The molecular formula is C30H54O4. The molecule has 0 amide bonds. The first-order chi connectivity index (χ1) is 16.1. The van der Waals surface area contributed by atoms with Crippen molar-refractivity contribution in [1.82, 2.24) is 0 Å². The van der Waals surface area contributed by atoms with Gasteiger partial charge in [-0.3, -0.25) is 0 Å². The van der Waals surface area contributed by atoms with Gasteiger partial charge in [-0.25, -0.2) is 9.59 Å². The van der Waals surface area contributed by atoms with Gasteiger partial charge in [-0.1, -0.05) is 116 Å². The van der Waals surface area contributed by atoms with Gasteiger partial charge in [-0.2, -0.15) is 0 Å². The molecule has 0 rings (SSSR count). The Balaban J connectivity index is 4.02. The van der Waals surface area contributed by atoms with Crippen LogP contribution in [0.15, 0.2) is 24.3 Å². The van der Waals surface area contributed by atoms with E-state index in [9.17, 15) is 9.59 Å². The van der Waals surface area contributed by atoms with E-state index in [2.05, 4.69) is 20.1 Å². The Morgan fingerprint density at radius 3 is 1.35 bits per heavy atom. The normalized spacial score (nSPS) is 12.3. The van der Waals surface area contributed by atoms with Crippen molar-refractivity contribution in [1.29, 1.82) is 0 Å². The minimum absolute atomic E-state index is 0.334. The maximum atomic E-state index is 12.1. The quantitative estimate of drug-likeness (QED) is 0.0884. The fourth-order valence-electron chi connectivity index (χ4n) is 4.05. The molecule has 0 aliphatic rings. The highest BCUT2D eigenvalue weighted by molar-refractivity contribution is 5.88. The Kier molecular flexibility index (Phi) is 18.8. The third-order valence-electron chi connectivity index (χ3n) is 6.40. The molecule has 198 valence electrons. The van der Waals surface area contributed by atoms with Gasteiger partial charge in [-0.05, 0) is 40.5 Å². The summed E-state index contributed by atoms with van der Waals surface area (Å²) < 4.78 is 11.2. The number of rotatable bonds is 22. The van der Waals surface area contributed by atoms with E-state index in [-0.39, 0.29) is 0 Å². The summed E-state index contributed by atoms with van der Waals surface area (Å²) in [6.45, 7) is 16.4. The average Bonchev–Trinajstić information content (AvgIpc) is 2.77. The van der Waals surface area contributed by atoms with Gasteiger partial charge in [0.25, 0.3) is 0 Å². The van der Waals surface area contributed by atoms with Gasteiger partial charge in [-0.15, -0.1) is 0 Å². The number of carbonyl (C=O) groups excluding carboxylic acids is 2. The monoisotopic (exact) mass is 478 g/mol. The van der Waals surface area contributed by atoms with Gasteiger partial charge < -0.3 is 9.47 Å². The molecule has 0 fully saturated rings. The van der Waals surface area contributed by atoms with Crippen LogP contribution >= 0.6 is 0 Å². The van der Waals surface area contributed by atoms with Crippen LogP contribution in [0.25, 0.3) is 0 Å². The fraction of sp³-hybridized carbons (Fsp3) is 0.800. The topological polar surface area (TPSA) is 52.6 Å². The van der Waals surface area contributed by atoms with Crippen LogP contribution in [0, 0.1) is 0 Å². The molecule has 0 heterocycles. The van der Waals surface area contributed by atoms with Crippen molar-refractivity contribution in [3.8, 4) is 0 Å². The molecule has 1 unspecified atom stereocenters. The molecule has 0 aliphatic carbocycles. The molecule has 0 saturated carbocycles. The van der Waals surface area contributed by atoms with Crippen LogP contribution in [0.2, 0.25) is 0 Å². The van der Waals surface area contributed by atoms with Crippen molar-refractivity contribution in [3.63, 3.8) is 0 Å². The van der Waals surface area contributed by atoms with E-state index in [1.807, 2.05) is 0 Å². The van der Waals surface area contributed by atoms with Crippen LogP contribution in [0.5, 0.6) is 0 Å². The lowest BCUT2D eigenvalue weighted by Gasteiger charge is -2.33. The fourth-order valence-corrected chi connectivity index (χ4v) is 4.05. The summed E-state index contributed by atoms with van der Waals surface area (Å²) in [7, 11) is 0. The molecule has 0 saturated heterocycles. The molecule has 4 nitrogen and oxygen atoms in total. The number of esters is 2. The second-order valence-corrected chi connectivity index (χ2v) is 10.5. The molecule has 0 radical (unpaired) electrons. The van der Waals surface area contributed by atoms with Crippen LogP contribution in [0.3, 0.4) is 0 Å². The van der Waals surface area contributed by atoms with Crippen LogP contribution in [-0.2, 0) is 19.1 Å². The molecule has 0 bridgehead atoms. The van der Waals surface area contributed by atoms with Crippen molar-refractivity contribution < 1.29 is 19.1 Å². The molecule has 4 heteroatoms. The summed E-state index contributed by atoms with van der Waals surface area (Å²) in [4.78, 5) is 24.1. The Labute approximate surface area is 210 Å². The first-order valence-corrected chi connectivity index (χ1v) is 13.9. The Morgan fingerprint density at radius 1 is 0.647 bits per heavy atom. The number of hydrogen-bond acceptors (Lipinski definition) is 4. The van der Waals surface area contributed by atoms with E-state index >= 15 is 0 Å². The maximum absolute atomic E-state index is 12.1. The molecule has 1 atom stereocenters. The Morgan fingerprint density at radius 2 is 1.00 bits per heavy atom. The Bertz CT molecular complexity index is 591. The molecule has 0 aromatic carbocycles. The van der Waals surface area contributed by atoms with E-state index in [1.165, 1.54) is 89.9 Å². The highest BCUT2D eigenvalue weighted by Gasteiger charge is 2.36. The van der Waals surface area contributed by atoms with Gasteiger partial charge >= 0.3 is 11.9 Å². The van der Waals surface area contributed by atoms with Crippen LogP contribution < -0.4 is 0 Å². The summed E-state index contributed by atoms with van der Waals surface area (Å²) in [5, 5.41) is 0. The number of ether oxygens (including phenoxy) is 2. The van der Waals surface area contributed by atoms with E-state index in [1.54, 1.807) is 27.7 Å². The smallest absolute Gasteiger partial charge is 0.333 e. The predicted molar refractivity (Wildman–Crippen MR) is 144 cm³/mol. The first-order valence-electron chi connectivity index (χ1n) is 13.9. The summed E-state index contributed by atoms with van der Waals surface area (Å²) >= 11 is 0. The third kappa shape index (κ3) is 16.9. The van der Waals surface area contributed by atoms with Crippen molar-refractivity contribution in [2.24, 2.45) is 0 Å². The summed E-state index contributed by atoms with van der Waals surface area (Å²) in [5.74, 6) is -0.908. The predicted octanol–water partition coefficient (Wildman–Crippen LogP) is 9.02. The van der Waals surface area contributed by atoms with Gasteiger partial charge in [0.2, 0.25) is 0 Å². The zero-order valence-electron chi connectivity index (χ0n) is 23.1. The summed E-state index contributed by atoms with van der Waals surface area (Å²) in [5.41, 5.74) is -0.240. The molecule has 0 spiro atoms. The van der Waals surface area contributed by atoms with E-state index < -0.39 is 23.6 Å². The van der Waals surface area contributed by atoms with Gasteiger partial charge in [0.15, 0.2) is 0 Å². The van der Waals surface area contributed by atoms with E-state index in [0.29, 0.717) is 17.6 Å². The van der Waals surface area contributed by atoms with E-state index in [0.717, 1.165) is 12.8 Å².